The molecule has 1 aromatic carbocycles. The average Bonchev–Trinajstić information content (AvgIpc) is 3.50. The maximum atomic E-state index is 13.9. The van der Waals surface area contributed by atoms with E-state index in [1.54, 1.807) is 4.90 Å². The zero-order valence-corrected chi connectivity index (χ0v) is 22.8. The van der Waals surface area contributed by atoms with Crippen LogP contribution >= 0.6 is 0 Å². The van der Waals surface area contributed by atoms with E-state index in [4.69, 9.17) is 4.74 Å². The van der Waals surface area contributed by atoms with Crippen LogP contribution in [0.1, 0.15) is 64.0 Å². The number of benzene rings is 1. The third-order valence-electron chi connectivity index (χ3n) is 9.49. The molecule has 5 rings (SSSR count). The fraction of sp³-hybridized carbons (Fsp3) is 0.633. The largest absolute Gasteiger partial charge is 0.359 e. The highest BCUT2D eigenvalue weighted by Gasteiger charge is 2.72. The zero-order valence-electron chi connectivity index (χ0n) is 22.8. The molecule has 7 nitrogen and oxygen atoms in total. The minimum absolute atomic E-state index is 0.0845. The molecule has 0 aromatic heterocycles. The molecule has 3 aliphatic heterocycles. The lowest BCUT2D eigenvalue weighted by atomic mass is 9.73. The molecule has 3 fully saturated rings. The van der Waals surface area contributed by atoms with Gasteiger partial charge in [0.15, 0.2) is 0 Å². The molecule has 0 radical (unpaired) electrons. The van der Waals surface area contributed by atoms with Crippen molar-refractivity contribution in [3.63, 3.8) is 0 Å². The molecule has 8 atom stereocenters. The predicted molar refractivity (Wildman–Crippen MR) is 143 cm³/mol. The van der Waals surface area contributed by atoms with Crippen molar-refractivity contribution in [3.05, 3.63) is 41.5 Å². The van der Waals surface area contributed by atoms with Crippen molar-refractivity contribution in [2.75, 3.05) is 11.9 Å². The van der Waals surface area contributed by atoms with Gasteiger partial charge in [-0.05, 0) is 61.8 Å². The van der Waals surface area contributed by atoms with Gasteiger partial charge in [0.1, 0.15) is 11.6 Å². The van der Waals surface area contributed by atoms with Crippen molar-refractivity contribution in [3.8, 4) is 0 Å². The first-order valence-corrected chi connectivity index (χ1v) is 14.0. The second kappa shape index (κ2) is 9.90. The molecule has 1 aromatic rings. The lowest BCUT2D eigenvalue weighted by Gasteiger charge is -2.38. The van der Waals surface area contributed by atoms with Crippen LogP contribution in [0.5, 0.6) is 0 Å². The molecule has 7 heteroatoms. The first kappa shape index (κ1) is 26.0. The van der Waals surface area contributed by atoms with E-state index in [0.29, 0.717) is 24.1 Å². The van der Waals surface area contributed by atoms with E-state index < -0.39 is 29.6 Å². The first-order chi connectivity index (χ1) is 17.7. The topological polar surface area (TPSA) is 87.7 Å². The van der Waals surface area contributed by atoms with Gasteiger partial charge < -0.3 is 20.3 Å². The lowest BCUT2D eigenvalue weighted by Crippen LogP contribution is -2.58. The number of rotatable bonds is 7. The molecule has 4 aliphatic rings. The Morgan fingerprint density at radius 1 is 1.14 bits per heavy atom. The number of hydrogen-bond donors (Lipinski definition) is 2. The third-order valence-corrected chi connectivity index (χ3v) is 9.49. The van der Waals surface area contributed by atoms with Crippen molar-refractivity contribution in [2.24, 2.45) is 23.7 Å². The van der Waals surface area contributed by atoms with Gasteiger partial charge in [0, 0.05) is 18.3 Å². The molecule has 2 bridgehead atoms. The van der Waals surface area contributed by atoms with Crippen molar-refractivity contribution in [1.29, 1.82) is 0 Å². The predicted octanol–water partition coefficient (Wildman–Crippen LogP) is 4.13. The number of nitrogens with one attached hydrogen (secondary N) is 2. The summed E-state index contributed by atoms with van der Waals surface area (Å²) in [6, 6.07) is 5.12. The number of aryl methyl sites for hydroxylation is 2. The van der Waals surface area contributed by atoms with E-state index in [1.807, 2.05) is 44.2 Å². The van der Waals surface area contributed by atoms with Gasteiger partial charge in [-0.3, -0.25) is 14.4 Å². The molecule has 3 amide bonds. The summed E-state index contributed by atoms with van der Waals surface area (Å²) < 4.78 is 6.45. The van der Waals surface area contributed by atoms with Gasteiger partial charge in [0.25, 0.3) is 0 Å². The summed E-state index contributed by atoms with van der Waals surface area (Å²) in [6.07, 6.45) is 8.17. The van der Waals surface area contributed by atoms with Crippen LogP contribution in [0.25, 0.3) is 0 Å². The first-order valence-electron chi connectivity index (χ1n) is 14.0. The van der Waals surface area contributed by atoms with Crippen LogP contribution in [0, 0.1) is 37.5 Å². The zero-order chi connectivity index (χ0) is 26.5. The molecule has 3 heterocycles. The van der Waals surface area contributed by atoms with Gasteiger partial charge in [0.05, 0.1) is 17.9 Å². The van der Waals surface area contributed by atoms with E-state index in [1.165, 1.54) is 6.42 Å². The molecular formula is C30H41N3O4. The van der Waals surface area contributed by atoms with Gasteiger partial charge >= 0.3 is 0 Å². The standard InChI is InChI=1S/C30H41N3O4/c1-6-7-15-33-26(28(35)32-22-10-8-9-18(3)20(22)5)30-14-13-23(37-30)24(25(30)29(33)36)27(34)31-21-12-11-17(2)19(4)16-21/h11-14,16,18,20,22-26H,6-10,15H2,1-5H3,(H,31,34)(H,32,35). The Kier molecular flexibility index (Phi) is 6.94. The summed E-state index contributed by atoms with van der Waals surface area (Å²) in [5.74, 6) is -0.990. The molecule has 1 spiro atoms. The minimum atomic E-state index is -1.10. The van der Waals surface area contributed by atoms with Gasteiger partial charge in [-0.1, -0.05) is 58.3 Å². The summed E-state index contributed by atoms with van der Waals surface area (Å²) in [6.45, 7) is 11.0. The smallest absolute Gasteiger partial charge is 0.246 e. The normalized spacial score (nSPS) is 36.1. The Morgan fingerprint density at radius 3 is 2.65 bits per heavy atom. The van der Waals surface area contributed by atoms with Crippen LogP contribution in [-0.2, 0) is 19.1 Å². The van der Waals surface area contributed by atoms with Crippen LogP contribution in [0.4, 0.5) is 5.69 Å². The van der Waals surface area contributed by atoms with Crippen LogP contribution < -0.4 is 10.6 Å². The van der Waals surface area contributed by atoms with E-state index >= 15 is 0 Å². The molecule has 1 saturated carbocycles. The monoisotopic (exact) mass is 507 g/mol. The van der Waals surface area contributed by atoms with E-state index in [9.17, 15) is 14.4 Å². The highest BCUT2D eigenvalue weighted by atomic mass is 16.5. The highest BCUT2D eigenvalue weighted by Crippen LogP contribution is 2.55. The number of unbranched alkanes of at least 4 members (excludes halogenated alkanes) is 1. The van der Waals surface area contributed by atoms with Crippen molar-refractivity contribution < 1.29 is 19.1 Å². The number of nitrogens with zero attached hydrogens (tertiary/aromatic N) is 1. The van der Waals surface area contributed by atoms with Gasteiger partial charge in [-0.25, -0.2) is 0 Å². The molecule has 37 heavy (non-hydrogen) atoms. The summed E-state index contributed by atoms with van der Waals surface area (Å²) in [5.41, 5.74) is 1.84. The summed E-state index contributed by atoms with van der Waals surface area (Å²) in [7, 11) is 0. The van der Waals surface area contributed by atoms with E-state index in [0.717, 1.165) is 36.8 Å². The fourth-order valence-electron chi connectivity index (χ4n) is 6.93. The van der Waals surface area contributed by atoms with Crippen LogP contribution in [0.15, 0.2) is 30.4 Å². The number of carbonyl (C=O) groups excluding carboxylic acids is 3. The summed E-state index contributed by atoms with van der Waals surface area (Å²) in [4.78, 5) is 43.1. The Balaban J connectivity index is 1.42. The van der Waals surface area contributed by atoms with Crippen molar-refractivity contribution >= 4 is 23.4 Å². The molecular weight excluding hydrogens is 466 g/mol. The minimum Gasteiger partial charge on any atom is -0.359 e. The molecule has 2 N–H and O–H groups in total. The summed E-state index contributed by atoms with van der Waals surface area (Å²) in [5, 5.41) is 6.33. The number of anilines is 1. The number of fused-ring (bicyclic) bond motifs is 1. The van der Waals surface area contributed by atoms with Crippen LogP contribution in [-0.4, -0.2) is 53.0 Å². The SMILES string of the molecule is CCCCN1C(=O)C2C(C(=O)Nc3ccc(C)c(C)c3)C3C=CC2(O3)C1C(=O)NC1CCCC(C)C1C. The molecule has 1 aliphatic carbocycles. The van der Waals surface area contributed by atoms with Gasteiger partial charge in [0.2, 0.25) is 17.7 Å². The number of ether oxygens (including phenoxy) is 1. The number of carbonyl (C=O) groups is 3. The third kappa shape index (κ3) is 4.29. The quantitative estimate of drug-likeness (QED) is 0.543. The van der Waals surface area contributed by atoms with Crippen molar-refractivity contribution in [1.82, 2.24) is 10.2 Å². The number of hydrogen-bond acceptors (Lipinski definition) is 4. The maximum Gasteiger partial charge on any atom is 0.246 e. The Bertz CT molecular complexity index is 1120. The number of amides is 3. The van der Waals surface area contributed by atoms with E-state index in [2.05, 4.69) is 31.4 Å². The molecule has 200 valence electrons. The van der Waals surface area contributed by atoms with Crippen molar-refractivity contribution in [2.45, 2.75) is 90.5 Å². The average molecular weight is 508 g/mol. The second-order valence-electron chi connectivity index (χ2n) is 11.8. The Hall–Kier alpha value is -2.67. The lowest BCUT2D eigenvalue weighted by molar-refractivity contribution is -0.141. The Labute approximate surface area is 220 Å². The van der Waals surface area contributed by atoms with Gasteiger partial charge in [-0.15, -0.1) is 0 Å². The number of likely N-dealkylation sites (tertiary alicyclic amines) is 1. The molecule has 8 unspecified atom stereocenters. The van der Waals surface area contributed by atoms with Gasteiger partial charge in [-0.2, -0.15) is 0 Å². The van der Waals surface area contributed by atoms with Crippen LogP contribution in [0.3, 0.4) is 0 Å². The highest BCUT2D eigenvalue weighted by molar-refractivity contribution is 6.02. The maximum absolute atomic E-state index is 13.9. The Morgan fingerprint density at radius 2 is 1.92 bits per heavy atom. The van der Waals surface area contributed by atoms with Crippen LogP contribution in [0.2, 0.25) is 0 Å². The van der Waals surface area contributed by atoms with E-state index in [-0.39, 0.29) is 23.8 Å². The molecule has 2 saturated heterocycles. The second-order valence-corrected chi connectivity index (χ2v) is 11.8. The fourth-order valence-corrected chi connectivity index (χ4v) is 6.93. The summed E-state index contributed by atoms with van der Waals surface area (Å²) >= 11 is 0.